The quantitative estimate of drug-likeness (QED) is 0.549. The van der Waals surface area contributed by atoms with Gasteiger partial charge < -0.3 is 4.55 Å². The lowest BCUT2D eigenvalue weighted by Gasteiger charge is -2.11. The van der Waals surface area contributed by atoms with E-state index in [1.54, 1.807) is 16.1 Å². The number of benzene rings is 2. The van der Waals surface area contributed by atoms with Crippen LogP contribution in [-0.2, 0) is 11.4 Å². The number of halogens is 1. The molecule has 6 nitrogen and oxygen atoms in total. The second-order valence-corrected chi connectivity index (χ2v) is 7.49. The van der Waals surface area contributed by atoms with Crippen molar-refractivity contribution in [3.05, 3.63) is 75.9 Å². The van der Waals surface area contributed by atoms with E-state index < -0.39 is 11.4 Å². The molecular weight excluding hydrogens is 372 g/mol. The van der Waals surface area contributed by atoms with Crippen molar-refractivity contribution in [2.24, 2.45) is 0 Å². The van der Waals surface area contributed by atoms with Crippen LogP contribution in [0.25, 0.3) is 22.2 Å². The minimum absolute atomic E-state index is 0.180. The first-order valence-corrected chi connectivity index (χ1v) is 9.23. The Labute approximate surface area is 156 Å². The van der Waals surface area contributed by atoms with Crippen molar-refractivity contribution >= 4 is 34.0 Å². The van der Waals surface area contributed by atoms with Gasteiger partial charge in [-0.1, -0.05) is 41.4 Å². The molecule has 0 saturated heterocycles. The average Bonchev–Trinajstić information content (AvgIpc) is 3.08. The number of nitrogens with one attached hydrogen (secondary N) is 1. The number of para-hydroxylation sites is 1. The van der Waals surface area contributed by atoms with E-state index in [9.17, 15) is 9.35 Å². The third-order valence-corrected chi connectivity index (χ3v) is 5.52. The van der Waals surface area contributed by atoms with Gasteiger partial charge in [-0.3, -0.25) is 4.79 Å². The molecular formula is C18H13ClN4O2S. The summed E-state index contributed by atoms with van der Waals surface area (Å²) in [7, 11) is 0. The van der Waals surface area contributed by atoms with Crippen molar-refractivity contribution in [1.29, 1.82) is 0 Å². The Balaban J connectivity index is 1.86. The highest BCUT2D eigenvalue weighted by atomic mass is 35.5. The van der Waals surface area contributed by atoms with Gasteiger partial charge in [0.15, 0.2) is 4.90 Å². The zero-order chi connectivity index (χ0) is 18.3. The molecule has 1 N–H and O–H groups in total. The normalized spacial score (nSPS) is 12.4. The third-order valence-electron chi connectivity index (χ3n) is 4.01. The van der Waals surface area contributed by atoms with E-state index in [2.05, 4.69) is 15.2 Å². The van der Waals surface area contributed by atoms with E-state index >= 15 is 0 Å². The Kier molecular flexibility index (Phi) is 4.28. The smallest absolute Gasteiger partial charge is 0.272 e. The molecule has 130 valence electrons. The van der Waals surface area contributed by atoms with Crippen molar-refractivity contribution < 1.29 is 4.55 Å². The lowest BCUT2D eigenvalue weighted by Crippen LogP contribution is -2.12. The topological polar surface area (TPSA) is 86.6 Å². The molecule has 1 unspecified atom stereocenters. The van der Waals surface area contributed by atoms with Crippen LogP contribution in [0, 0.1) is 6.92 Å². The monoisotopic (exact) mass is 384 g/mol. The van der Waals surface area contributed by atoms with Crippen LogP contribution in [-0.4, -0.2) is 23.7 Å². The molecule has 4 aromatic rings. The maximum atomic E-state index is 12.9. The fraction of sp³-hybridized carbons (Fsp3) is 0.0556. The van der Waals surface area contributed by atoms with Crippen molar-refractivity contribution in [2.45, 2.75) is 11.8 Å². The predicted molar refractivity (Wildman–Crippen MR) is 102 cm³/mol. The zero-order valence-electron chi connectivity index (χ0n) is 13.6. The van der Waals surface area contributed by atoms with Gasteiger partial charge in [-0.05, 0) is 31.2 Å². The van der Waals surface area contributed by atoms with E-state index in [1.165, 1.54) is 12.4 Å². The third kappa shape index (κ3) is 2.90. The summed E-state index contributed by atoms with van der Waals surface area (Å²) in [5.41, 5.74) is 2.93. The van der Waals surface area contributed by atoms with Crippen molar-refractivity contribution in [3.63, 3.8) is 0 Å². The summed E-state index contributed by atoms with van der Waals surface area (Å²) < 4.78 is 14.5. The minimum atomic E-state index is -1.44. The van der Waals surface area contributed by atoms with Gasteiger partial charge in [0.1, 0.15) is 33.9 Å². The van der Waals surface area contributed by atoms with Gasteiger partial charge in [-0.25, -0.2) is 10.1 Å². The summed E-state index contributed by atoms with van der Waals surface area (Å²) in [4.78, 5) is 17.2. The van der Waals surface area contributed by atoms with Crippen molar-refractivity contribution in [2.75, 3.05) is 0 Å². The van der Waals surface area contributed by atoms with E-state index in [0.29, 0.717) is 27.1 Å². The lowest BCUT2D eigenvalue weighted by atomic mass is 10.1. The van der Waals surface area contributed by atoms with Crippen LogP contribution >= 0.6 is 11.6 Å². The molecule has 2 aromatic heterocycles. The summed E-state index contributed by atoms with van der Waals surface area (Å²) in [5.74, 6) is 0. The van der Waals surface area contributed by atoms with Gasteiger partial charge in [0.2, 0.25) is 0 Å². The first-order valence-electron chi connectivity index (χ1n) is 7.75. The number of aryl methyl sites for hydroxylation is 1. The molecule has 0 aliphatic carbocycles. The lowest BCUT2D eigenvalue weighted by molar-refractivity contribution is 0.587. The Morgan fingerprint density at radius 1 is 1.15 bits per heavy atom. The van der Waals surface area contributed by atoms with Gasteiger partial charge in [-0.2, -0.15) is 5.10 Å². The van der Waals surface area contributed by atoms with Crippen molar-refractivity contribution in [3.8, 4) is 11.1 Å². The molecule has 8 heteroatoms. The van der Waals surface area contributed by atoms with Gasteiger partial charge in [0.05, 0.1) is 5.56 Å². The fourth-order valence-corrected chi connectivity index (χ4v) is 3.92. The Bertz CT molecular complexity index is 1150. The molecule has 0 saturated carbocycles. The maximum Gasteiger partial charge on any atom is 0.272 e. The molecule has 0 spiro atoms. The summed E-state index contributed by atoms with van der Waals surface area (Å²) >= 11 is 4.47. The molecule has 1 atom stereocenters. The largest absolute Gasteiger partial charge is 0.587 e. The maximum absolute atomic E-state index is 12.9. The first kappa shape index (κ1) is 16.8. The molecule has 0 aliphatic rings. The van der Waals surface area contributed by atoms with Crippen LogP contribution in [0.1, 0.15) is 5.56 Å². The number of rotatable bonds is 3. The van der Waals surface area contributed by atoms with Crippen LogP contribution in [0.2, 0.25) is 5.15 Å². The van der Waals surface area contributed by atoms with Crippen LogP contribution in [0.5, 0.6) is 0 Å². The molecule has 2 aromatic carbocycles. The number of aromatic nitrogens is 4. The molecule has 0 fully saturated rings. The Morgan fingerprint density at radius 2 is 1.92 bits per heavy atom. The molecule has 0 amide bonds. The highest BCUT2D eigenvalue weighted by molar-refractivity contribution is 7.90. The number of aromatic amines is 1. The van der Waals surface area contributed by atoms with Crippen molar-refractivity contribution in [1.82, 2.24) is 19.2 Å². The van der Waals surface area contributed by atoms with Crippen LogP contribution in [0.3, 0.4) is 0 Å². The molecule has 26 heavy (non-hydrogen) atoms. The van der Waals surface area contributed by atoms with E-state index in [1.807, 2.05) is 37.3 Å². The van der Waals surface area contributed by atoms with Gasteiger partial charge in [0.25, 0.3) is 5.56 Å². The van der Waals surface area contributed by atoms with Crippen LogP contribution in [0.15, 0.2) is 64.5 Å². The van der Waals surface area contributed by atoms with Gasteiger partial charge in [0, 0.05) is 5.56 Å². The highest BCUT2D eigenvalue weighted by Gasteiger charge is 2.20. The molecule has 0 aliphatic heterocycles. The standard InChI is InChI=1S/C18H13ClN4O2S/c1-11-5-7-12(8-6-11)26(25)23-10-20-17-13(3-2-4-15(17)23)14-9-16(19)21-22-18(14)24/h2-10H,1H3,(H,22,24). The Hall–Kier alpha value is -2.61. The number of imidazole rings is 1. The van der Waals surface area contributed by atoms with Crippen LogP contribution in [0.4, 0.5) is 0 Å². The zero-order valence-corrected chi connectivity index (χ0v) is 15.2. The molecule has 4 rings (SSSR count). The van der Waals surface area contributed by atoms with Crippen LogP contribution < -0.4 is 5.56 Å². The first-order chi connectivity index (χ1) is 12.5. The summed E-state index contributed by atoms with van der Waals surface area (Å²) in [6, 6.07) is 14.3. The Morgan fingerprint density at radius 3 is 2.69 bits per heavy atom. The molecule has 2 heterocycles. The fourth-order valence-electron chi connectivity index (χ4n) is 2.72. The highest BCUT2D eigenvalue weighted by Crippen LogP contribution is 2.28. The second-order valence-electron chi connectivity index (χ2n) is 5.74. The molecule has 0 bridgehead atoms. The minimum Gasteiger partial charge on any atom is -0.587 e. The summed E-state index contributed by atoms with van der Waals surface area (Å²) in [6.45, 7) is 1.98. The molecule has 0 radical (unpaired) electrons. The average molecular weight is 385 g/mol. The number of hydrogen-bond donors (Lipinski definition) is 1. The summed E-state index contributed by atoms with van der Waals surface area (Å²) in [6.07, 6.45) is 1.52. The van der Waals surface area contributed by atoms with E-state index in [0.717, 1.165) is 5.56 Å². The van der Waals surface area contributed by atoms with E-state index in [4.69, 9.17) is 11.6 Å². The number of H-pyrrole nitrogens is 1. The number of hydrogen-bond acceptors (Lipinski definition) is 4. The summed E-state index contributed by atoms with van der Waals surface area (Å²) in [5, 5.41) is 6.22. The SMILES string of the molecule is Cc1ccc([S+]([O-])n2cnc3c(-c4cc(Cl)n[nH]c4=O)cccc32)cc1. The van der Waals surface area contributed by atoms with E-state index in [-0.39, 0.29) is 10.7 Å². The second kappa shape index (κ2) is 6.60. The van der Waals surface area contributed by atoms with Gasteiger partial charge >= 0.3 is 0 Å². The van der Waals surface area contributed by atoms with Gasteiger partial charge in [-0.15, -0.1) is 3.97 Å². The number of nitrogens with zero attached hydrogens (tertiary/aromatic N) is 3. The predicted octanol–water partition coefficient (Wildman–Crippen LogP) is 3.32. The number of fused-ring (bicyclic) bond motifs is 1.